The molecule has 0 aromatic carbocycles. The van der Waals surface area contributed by atoms with Gasteiger partial charge in [0.15, 0.2) is 0 Å². The Balaban J connectivity index is 1.67. The molecule has 0 aromatic rings. The monoisotopic (exact) mass is 223 g/mol. The number of carbonyl (C=O) groups excluding carboxylic acids is 1. The molecule has 1 amide bonds. The number of nitrogens with one attached hydrogen (secondary N) is 1. The van der Waals surface area contributed by atoms with Crippen molar-refractivity contribution in [2.75, 3.05) is 13.1 Å². The third-order valence-electron chi connectivity index (χ3n) is 3.83. The molecule has 1 saturated carbocycles. The third kappa shape index (κ3) is 3.48. The Kier molecular flexibility index (Phi) is 4.64. The summed E-state index contributed by atoms with van der Waals surface area (Å²) in [5.41, 5.74) is 0. The molecule has 91 valence electrons. The van der Waals surface area contributed by atoms with Gasteiger partial charge in [-0.15, -0.1) is 0 Å². The molecular formula is C13H23N2O. The molecule has 2 fully saturated rings. The second kappa shape index (κ2) is 6.24. The van der Waals surface area contributed by atoms with Gasteiger partial charge in [-0.2, -0.15) is 0 Å². The molecule has 3 heteroatoms. The molecule has 1 unspecified atom stereocenters. The van der Waals surface area contributed by atoms with Crippen LogP contribution in [-0.4, -0.2) is 25.0 Å². The van der Waals surface area contributed by atoms with Crippen molar-refractivity contribution in [2.24, 2.45) is 5.92 Å². The summed E-state index contributed by atoms with van der Waals surface area (Å²) in [5.74, 6) is 0.884. The maximum atomic E-state index is 11.8. The van der Waals surface area contributed by atoms with Gasteiger partial charge in [-0.3, -0.25) is 4.79 Å². The fourth-order valence-electron chi connectivity index (χ4n) is 2.77. The molecule has 1 aliphatic heterocycles. The van der Waals surface area contributed by atoms with E-state index in [4.69, 9.17) is 0 Å². The van der Waals surface area contributed by atoms with E-state index in [9.17, 15) is 4.79 Å². The van der Waals surface area contributed by atoms with Gasteiger partial charge in [-0.05, 0) is 31.6 Å². The minimum absolute atomic E-state index is 0.0363. The van der Waals surface area contributed by atoms with Gasteiger partial charge in [0.1, 0.15) is 6.04 Å². The maximum Gasteiger partial charge on any atom is 0.238 e. The van der Waals surface area contributed by atoms with Crippen molar-refractivity contribution in [3.63, 3.8) is 0 Å². The van der Waals surface area contributed by atoms with Crippen LogP contribution in [0.4, 0.5) is 0 Å². The van der Waals surface area contributed by atoms with Gasteiger partial charge >= 0.3 is 0 Å². The van der Waals surface area contributed by atoms with Gasteiger partial charge in [-0.1, -0.05) is 25.7 Å². The summed E-state index contributed by atoms with van der Waals surface area (Å²) in [5, 5.41) is 7.40. The molecule has 1 atom stereocenters. The standard InChI is InChI=1S/C13H23N2O/c16-13(12-8-5-9-14-12)15-10-11-6-3-1-2-4-7-11/h11-12H,1-10H2,(H,15,16). The van der Waals surface area contributed by atoms with E-state index in [2.05, 4.69) is 10.6 Å². The topological polar surface area (TPSA) is 43.2 Å². The summed E-state index contributed by atoms with van der Waals surface area (Å²) < 4.78 is 0. The van der Waals surface area contributed by atoms with Crippen LogP contribution in [0.5, 0.6) is 0 Å². The molecule has 0 spiro atoms. The molecule has 0 bridgehead atoms. The van der Waals surface area contributed by atoms with Crippen molar-refractivity contribution in [3.8, 4) is 0 Å². The molecule has 1 N–H and O–H groups in total. The van der Waals surface area contributed by atoms with Gasteiger partial charge in [0.25, 0.3) is 0 Å². The normalized spacial score (nSPS) is 27.6. The van der Waals surface area contributed by atoms with E-state index < -0.39 is 0 Å². The quantitative estimate of drug-likeness (QED) is 0.729. The summed E-state index contributed by atoms with van der Waals surface area (Å²) in [6.45, 7) is 1.76. The van der Waals surface area contributed by atoms with Crippen LogP contribution in [0.15, 0.2) is 0 Å². The summed E-state index contributed by atoms with van der Waals surface area (Å²) in [6.07, 6.45) is 10.1. The Hall–Kier alpha value is -0.570. The number of hydrogen-bond acceptors (Lipinski definition) is 1. The first-order chi connectivity index (χ1) is 7.86. The number of carbonyl (C=O) groups is 1. The first-order valence-corrected chi connectivity index (χ1v) is 6.80. The second-order valence-corrected chi connectivity index (χ2v) is 5.17. The van der Waals surface area contributed by atoms with Gasteiger partial charge in [0.2, 0.25) is 5.91 Å². The summed E-state index contributed by atoms with van der Waals surface area (Å²) in [6, 6.07) is -0.0363. The van der Waals surface area contributed by atoms with E-state index in [-0.39, 0.29) is 11.9 Å². The maximum absolute atomic E-state index is 11.8. The van der Waals surface area contributed by atoms with Crippen molar-refractivity contribution in [1.29, 1.82) is 0 Å². The summed E-state index contributed by atoms with van der Waals surface area (Å²) in [4.78, 5) is 11.8. The highest BCUT2D eigenvalue weighted by Gasteiger charge is 2.23. The minimum Gasteiger partial charge on any atom is -0.354 e. The highest BCUT2D eigenvalue weighted by Crippen LogP contribution is 2.22. The van der Waals surface area contributed by atoms with Crippen molar-refractivity contribution < 1.29 is 4.79 Å². The van der Waals surface area contributed by atoms with Crippen LogP contribution in [0.2, 0.25) is 0 Å². The Morgan fingerprint density at radius 1 is 1.06 bits per heavy atom. The van der Waals surface area contributed by atoms with Crippen molar-refractivity contribution in [1.82, 2.24) is 10.6 Å². The number of amides is 1. The largest absolute Gasteiger partial charge is 0.354 e. The molecule has 2 rings (SSSR count). The van der Waals surface area contributed by atoms with Gasteiger partial charge in [0.05, 0.1) is 0 Å². The molecule has 16 heavy (non-hydrogen) atoms. The predicted molar refractivity (Wildman–Crippen MR) is 64.2 cm³/mol. The Morgan fingerprint density at radius 2 is 1.81 bits per heavy atom. The van der Waals surface area contributed by atoms with E-state index in [0.717, 1.165) is 25.9 Å². The molecule has 1 radical (unpaired) electrons. The average Bonchev–Trinajstić information content (AvgIpc) is 2.71. The van der Waals surface area contributed by atoms with E-state index in [0.29, 0.717) is 5.92 Å². The molecule has 1 saturated heterocycles. The number of rotatable bonds is 3. The summed E-state index contributed by atoms with van der Waals surface area (Å²) in [7, 11) is 0. The summed E-state index contributed by atoms with van der Waals surface area (Å²) >= 11 is 0. The van der Waals surface area contributed by atoms with Crippen LogP contribution in [0.25, 0.3) is 0 Å². The fraction of sp³-hybridized carbons (Fsp3) is 0.923. The lowest BCUT2D eigenvalue weighted by molar-refractivity contribution is -0.123. The van der Waals surface area contributed by atoms with Gasteiger partial charge in [0, 0.05) is 13.1 Å². The fourth-order valence-corrected chi connectivity index (χ4v) is 2.77. The zero-order chi connectivity index (χ0) is 11.2. The zero-order valence-electron chi connectivity index (χ0n) is 10.1. The second-order valence-electron chi connectivity index (χ2n) is 5.17. The van der Waals surface area contributed by atoms with Crippen molar-refractivity contribution in [3.05, 3.63) is 0 Å². The highest BCUT2D eigenvalue weighted by atomic mass is 16.2. The molecule has 2 aliphatic rings. The first-order valence-electron chi connectivity index (χ1n) is 6.80. The molecule has 1 aliphatic carbocycles. The van der Waals surface area contributed by atoms with E-state index >= 15 is 0 Å². The first kappa shape index (κ1) is 11.9. The van der Waals surface area contributed by atoms with Crippen molar-refractivity contribution >= 4 is 5.91 Å². The van der Waals surface area contributed by atoms with Crippen LogP contribution in [-0.2, 0) is 4.79 Å². The third-order valence-corrected chi connectivity index (χ3v) is 3.83. The van der Waals surface area contributed by atoms with Crippen LogP contribution < -0.4 is 10.6 Å². The van der Waals surface area contributed by atoms with Gasteiger partial charge in [-0.25, -0.2) is 5.32 Å². The van der Waals surface area contributed by atoms with Crippen molar-refractivity contribution in [2.45, 2.75) is 57.4 Å². The predicted octanol–water partition coefficient (Wildman–Crippen LogP) is 1.84. The van der Waals surface area contributed by atoms with E-state index in [1.165, 1.54) is 38.5 Å². The lowest BCUT2D eigenvalue weighted by atomic mass is 10.0. The van der Waals surface area contributed by atoms with Crippen LogP contribution in [0, 0.1) is 5.92 Å². The molecular weight excluding hydrogens is 200 g/mol. The highest BCUT2D eigenvalue weighted by molar-refractivity contribution is 5.81. The molecule has 3 nitrogen and oxygen atoms in total. The zero-order valence-corrected chi connectivity index (χ0v) is 10.1. The molecule has 1 heterocycles. The van der Waals surface area contributed by atoms with E-state index in [1.807, 2.05) is 0 Å². The van der Waals surface area contributed by atoms with Crippen LogP contribution >= 0.6 is 0 Å². The Bertz CT molecular complexity index is 216. The Labute approximate surface area is 98.4 Å². The molecule has 0 aromatic heterocycles. The SMILES string of the molecule is O=C(NCC1CCCCCC1)C1CCC[N]1. The number of hydrogen-bond donors (Lipinski definition) is 1. The van der Waals surface area contributed by atoms with Crippen LogP contribution in [0.3, 0.4) is 0 Å². The average molecular weight is 223 g/mol. The smallest absolute Gasteiger partial charge is 0.238 e. The van der Waals surface area contributed by atoms with Crippen LogP contribution in [0.1, 0.15) is 51.4 Å². The van der Waals surface area contributed by atoms with E-state index in [1.54, 1.807) is 0 Å². The Morgan fingerprint density at radius 3 is 2.44 bits per heavy atom. The lowest BCUT2D eigenvalue weighted by Gasteiger charge is -2.16. The van der Waals surface area contributed by atoms with Gasteiger partial charge < -0.3 is 5.32 Å². The lowest BCUT2D eigenvalue weighted by Crippen LogP contribution is -2.39. The number of nitrogens with zero attached hydrogens (tertiary/aromatic N) is 1. The minimum atomic E-state index is -0.0363.